The third kappa shape index (κ3) is 12.6. The normalized spacial score (nSPS) is 8.67. The summed E-state index contributed by atoms with van der Waals surface area (Å²) in [7, 11) is 0. The molecule has 0 atom stereocenters. The van der Waals surface area contributed by atoms with E-state index in [-0.39, 0.29) is 22.4 Å². The van der Waals surface area contributed by atoms with Crippen LogP contribution in [0.5, 0.6) is 0 Å². The molecular formula is C6H14AuS2. The van der Waals surface area contributed by atoms with Crippen LogP contribution in [0.25, 0.3) is 0 Å². The molecule has 61 valence electrons. The summed E-state index contributed by atoms with van der Waals surface area (Å²) in [5, 5.41) is 0. The van der Waals surface area contributed by atoms with Crippen molar-refractivity contribution in [3.8, 4) is 0 Å². The van der Waals surface area contributed by atoms with E-state index in [0.717, 1.165) is 11.5 Å². The summed E-state index contributed by atoms with van der Waals surface area (Å²) in [6, 6.07) is 0. The Kier molecular flexibility index (Phi) is 17.6. The van der Waals surface area contributed by atoms with Gasteiger partial charge in [0.15, 0.2) is 0 Å². The van der Waals surface area contributed by atoms with Crippen molar-refractivity contribution in [2.45, 2.75) is 25.7 Å². The van der Waals surface area contributed by atoms with Crippen molar-refractivity contribution in [3.63, 3.8) is 0 Å². The quantitative estimate of drug-likeness (QED) is 0.426. The zero-order chi connectivity index (χ0) is 6.24. The summed E-state index contributed by atoms with van der Waals surface area (Å²) in [6.45, 7) is 0. The van der Waals surface area contributed by atoms with Crippen LogP contribution in [-0.4, -0.2) is 11.5 Å². The Labute approximate surface area is 84.5 Å². The summed E-state index contributed by atoms with van der Waals surface area (Å²) in [6.07, 6.45) is 5.17. The molecule has 0 heterocycles. The fourth-order valence-electron chi connectivity index (χ4n) is 0.577. The Hall–Kier alpha value is 1.44. The van der Waals surface area contributed by atoms with Gasteiger partial charge in [0.05, 0.1) is 0 Å². The topological polar surface area (TPSA) is 0 Å². The van der Waals surface area contributed by atoms with Crippen molar-refractivity contribution >= 4 is 25.3 Å². The van der Waals surface area contributed by atoms with E-state index in [1.807, 2.05) is 0 Å². The van der Waals surface area contributed by atoms with Crippen LogP contribution < -0.4 is 0 Å². The van der Waals surface area contributed by atoms with Gasteiger partial charge in [0.25, 0.3) is 0 Å². The predicted molar refractivity (Wildman–Crippen MR) is 46.2 cm³/mol. The molecular weight excluding hydrogens is 333 g/mol. The second-order valence-electron chi connectivity index (χ2n) is 1.86. The monoisotopic (exact) mass is 347 g/mol. The van der Waals surface area contributed by atoms with Crippen LogP contribution in [0.4, 0.5) is 0 Å². The maximum absolute atomic E-state index is 4.10. The smallest absolute Gasteiger partial charge is 0 e. The predicted octanol–water partition coefficient (Wildman–Crippen LogP) is 2.40. The van der Waals surface area contributed by atoms with Gasteiger partial charge in [-0.3, -0.25) is 0 Å². The van der Waals surface area contributed by atoms with Gasteiger partial charge in [0.2, 0.25) is 0 Å². The van der Waals surface area contributed by atoms with E-state index >= 15 is 0 Å². The van der Waals surface area contributed by atoms with Gasteiger partial charge < -0.3 is 0 Å². The van der Waals surface area contributed by atoms with Crippen molar-refractivity contribution in [1.82, 2.24) is 0 Å². The van der Waals surface area contributed by atoms with Crippen LogP contribution in [0.2, 0.25) is 0 Å². The molecule has 0 amide bonds. The van der Waals surface area contributed by atoms with E-state index in [9.17, 15) is 0 Å². The molecule has 0 unspecified atom stereocenters. The Morgan fingerprint density at radius 2 is 1.00 bits per heavy atom. The van der Waals surface area contributed by atoms with E-state index in [1.165, 1.54) is 25.7 Å². The zero-order valence-electron chi connectivity index (χ0n) is 5.44. The Balaban J connectivity index is 0. The molecule has 0 aromatic carbocycles. The van der Waals surface area contributed by atoms with Crippen molar-refractivity contribution in [2.24, 2.45) is 0 Å². The molecule has 0 aliphatic heterocycles. The average Bonchev–Trinajstić information content (AvgIpc) is 1.81. The van der Waals surface area contributed by atoms with Gasteiger partial charge in [-0.2, -0.15) is 25.3 Å². The van der Waals surface area contributed by atoms with Crippen LogP contribution in [-0.2, 0) is 22.4 Å². The van der Waals surface area contributed by atoms with E-state index in [1.54, 1.807) is 0 Å². The second kappa shape index (κ2) is 12.1. The summed E-state index contributed by atoms with van der Waals surface area (Å²) < 4.78 is 0. The summed E-state index contributed by atoms with van der Waals surface area (Å²) in [5.74, 6) is 2.07. The first kappa shape index (κ1) is 13.1. The first-order chi connectivity index (χ1) is 3.91. The fourth-order valence-corrected chi connectivity index (χ4v) is 1.02. The van der Waals surface area contributed by atoms with Crippen molar-refractivity contribution in [3.05, 3.63) is 0 Å². The molecule has 0 nitrogen and oxygen atoms in total. The van der Waals surface area contributed by atoms with Crippen LogP contribution in [0, 0.1) is 0 Å². The average molecular weight is 347 g/mol. The minimum absolute atomic E-state index is 0. The molecule has 0 spiro atoms. The maximum atomic E-state index is 4.10. The van der Waals surface area contributed by atoms with Gasteiger partial charge in [-0.1, -0.05) is 12.8 Å². The number of hydrogen-bond donors (Lipinski definition) is 2. The zero-order valence-corrected chi connectivity index (χ0v) is 9.39. The van der Waals surface area contributed by atoms with E-state index in [0.29, 0.717) is 0 Å². The number of thiol groups is 2. The van der Waals surface area contributed by atoms with Crippen LogP contribution >= 0.6 is 25.3 Å². The van der Waals surface area contributed by atoms with Gasteiger partial charge in [-0.25, -0.2) is 0 Å². The van der Waals surface area contributed by atoms with Crippen molar-refractivity contribution in [1.29, 1.82) is 0 Å². The number of unbranched alkanes of at least 4 members (excludes halogenated alkanes) is 3. The maximum Gasteiger partial charge on any atom is 0 e. The molecule has 0 rings (SSSR count). The van der Waals surface area contributed by atoms with E-state index < -0.39 is 0 Å². The first-order valence-electron chi connectivity index (χ1n) is 3.13. The molecule has 1 radical (unpaired) electrons. The third-order valence-corrected chi connectivity index (χ3v) is 1.70. The van der Waals surface area contributed by atoms with E-state index in [4.69, 9.17) is 0 Å². The minimum atomic E-state index is 0. The third-order valence-electron chi connectivity index (χ3n) is 1.07. The van der Waals surface area contributed by atoms with Crippen molar-refractivity contribution < 1.29 is 22.4 Å². The van der Waals surface area contributed by atoms with Crippen molar-refractivity contribution in [2.75, 3.05) is 11.5 Å². The molecule has 3 heteroatoms. The standard InChI is InChI=1S/C6H14S2.Au/c7-5-3-1-2-4-6-8;/h7-8H,1-6H2;. The summed E-state index contributed by atoms with van der Waals surface area (Å²) in [5.41, 5.74) is 0. The largest absolute Gasteiger partial charge is 0.179 e. The van der Waals surface area contributed by atoms with Crippen LogP contribution in [0.3, 0.4) is 0 Å². The fraction of sp³-hybridized carbons (Fsp3) is 1.00. The molecule has 0 aliphatic carbocycles. The number of hydrogen-bond acceptors (Lipinski definition) is 2. The number of rotatable bonds is 5. The van der Waals surface area contributed by atoms with Gasteiger partial charge in [0, 0.05) is 22.4 Å². The minimum Gasteiger partial charge on any atom is -0.179 e. The molecule has 9 heavy (non-hydrogen) atoms. The van der Waals surface area contributed by atoms with Gasteiger partial charge in [-0.15, -0.1) is 0 Å². The molecule has 0 bridgehead atoms. The van der Waals surface area contributed by atoms with Crippen LogP contribution in [0.15, 0.2) is 0 Å². The molecule has 0 saturated heterocycles. The Bertz CT molecular complexity index is 36.0. The van der Waals surface area contributed by atoms with E-state index in [2.05, 4.69) is 25.3 Å². The Morgan fingerprint density at radius 3 is 1.22 bits per heavy atom. The molecule has 0 fully saturated rings. The Morgan fingerprint density at radius 1 is 0.667 bits per heavy atom. The van der Waals surface area contributed by atoms with Gasteiger partial charge in [-0.05, 0) is 24.3 Å². The first-order valence-corrected chi connectivity index (χ1v) is 4.40. The molecule has 0 saturated carbocycles. The molecule has 0 aromatic rings. The van der Waals surface area contributed by atoms with Gasteiger partial charge in [0.1, 0.15) is 0 Å². The van der Waals surface area contributed by atoms with Gasteiger partial charge >= 0.3 is 0 Å². The molecule has 0 N–H and O–H groups in total. The summed E-state index contributed by atoms with van der Waals surface area (Å²) >= 11 is 8.21. The molecule has 0 aliphatic rings. The summed E-state index contributed by atoms with van der Waals surface area (Å²) in [4.78, 5) is 0. The molecule has 0 aromatic heterocycles. The van der Waals surface area contributed by atoms with Crippen LogP contribution in [0.1, 0.15) is 25.7 Å². The SMILES string of the molecule is SCCCCCCS.[Au]. The second-order valence-corrected chi connectivity index (χ2v) is 2.76.